The summed E-state index contributed by atoms with van der Waals surface area (Å²) in [6.07, 6.45) is 0. The lowest BCUT2D eigenvalue weighted by molar-refractivity contribution is -0.118. The van der Waals surface area contributed by atoms with Crippen molar-refractivity contribution < 1.29 is 23.8 Å². The van der Waals surface area contributed by atoms with Gasteiger partial charge in [0, 0.05) is 10.7 Å². The van der Waals surface area contributed by atoms with Crippen molar-refractivity contribution in [2.45, 2.75) is 0 Å². The number of methoxy groups -OCH3 is 2. The van der Waals surface area contributed by atoms with Gasteiger partial charge in [0.15, 0.2) is 18.1 Å². The van der Waals surface area contributed by atoms with Crippen LogP contribution >= 0.6 is 11.6 Å². The molecule has 2 rings (SSSR count). The minimum absolute atomic E-state index is 0.222. The predicted molar refractivity (Wildman–Crippen MR) is 89.9 cm³/mol. The van der Waals surface area contributed by atoms with Crippen LogP contribution in [0.3, 0.4) is 0 Å². The van der Waals surface area contributed by atoms with Gasteiger partial charge in [-0.2, -0.15) is 0 Å². The van der Waals surface area contributed by atoms with Gasteiger partial charge in [0.2, 0.25) is 0 Å². The van der Waals surface area contributed by atoms with Crippen LogP contribution < -0.4 is 14.8 Å². The molecule has 0 saturated carbocycles. The lowest BCUT2D eigenvalue weighted by Gasteiger charge is -2.12. The smallest absolute Gasteiger partial charge is 0.337 e. The van der Waals surface area contributed by atoms with Crippen molar-refractivity contribution in [1.29, 1.82) is 0 Å². The molecule has 0 radical (unpaired) electrons. The van der Waals surface area contributed by atoms with E-state index in [0.29, 0.717) is 27.8 Å². The summed E-state index contributed by atoms with van der Waals surface area (Å²) in [6.45, 7) is -0.222. The molecule has 0 saturated heterocycles. The van der Waals surface area contributed by atoms with Crippen molar-refractivity contribution in [3.05, 3.63) is 53.1 Å². The number of ether oxygens (including phenoxy) is 3. The summed E-state index contributed by atoms with van der Waals surface area (Å²) in [5.41, 5.74) is 0.897. The lowest BCUT2D eigenvalue weighted by Crippen LogP contribution is -2.20. The summed E-state index contributed by atoms with van der Waals surface area (Å²) in [7, 11) is 2.73. The molecule has 0 aromatic heterocycles. The SMILES string of the molecule is COC(=O)c1ccc(OCC(=O)Nc2cccc(Cl)c2)c(OC)c1. The zero-order valence-corrected chi connectivity index (χ0v) is 13.9. The number of amides is 1. The number of carbonyl (C=O) groups is 2. The fourth-order valence-electron chi connectivity index (χ4n) is 1.94. The molecule has 7 heteroatoms. The topological polar surface area (TPSA) is 73.9 Å². The highest BCUT2D eigenvalue weighted by atomic mass is 35.5. The van der Waals surface area contributed by atoms with Crippen LogP contribution in [0.25, 0.3) is 0 Å². The van der Waals surface area contributed by atoms with Crippen LogP contribution in [-0.4, -0.2) is 32.7 Å². The fourth-order valence-corrected chi connectivity index (χ4v) is 2.13. The van der Waals surface area contributed by atoms with Gasteiger partial charge in [0.25, 0.3) is 5.91 Å². The molecule has 1 N–H and O–H groups in total. The maximum atomic E-state index is 11.9. The Morgan fingerprint density at radius 3 is 2.54 bits per heavy atom. The van der Waals surface area contributed by atoms with Crippen LogP contribution in [0.4, 0.5) is 5.69 Å². The van der Waals surface area contributed by atoms with Gasteiger partial charge in [-0.1, -0.05) is 17.7 Å². The van der Waals surface area contributed by atoms with E-state index in [1.807, 2.05) is 0 Å². The molecule has 2 aromatic rings. The highest BCUT2D eigenvalue weighted by molar-refractivity contribution is 6.30. The largest absolute Gasteiger partial charge is 0.493 e. The van der Waals surface area contributed by atoms with Gasteiger partial charge in [0.1, 0.15) is 0 Å². The predicted octanol–water partition coefficient (Wildman–Crippen LogP) is 3.15. The average molecular weight is 350 g/mol. The van der Waals surface area contributed by atoms with Crippen molar-refractivity contribution in [3.8, 4) is 11.5 Å². The number of hydrogen-bond acceptors (Lipinski definition) is 5. The van der Waals surface area contributed by atoms with Crippen molar-refractivity contribution in [3.63, 3.8) is 0 Å². The third-order valence-electron chi connectivity index (χ3n) is 3.05. The zero-order valence-electron chi connectivity index (χ0n) is 13.2. The van der Waals surface area contributed by atoms with E-state index in [9.17, 15) is 9.59 Å². The summed E-state index contributed by atoms with van der Waals surface area (Å²) >= 11 is 5.86. The first-order chi connectivity index (χ1) is 11.5. The Hall–Kier alpha value is -2.73. The van der Waals surface area contributed by atoms with Gasteiger partial charge < -0.3 is 19.5 Å². The van der Waals surface area contributed by atoms with Crippen molar-refractivity contribution in [2.24, 2.45) is 0 Å². The molecular weight excluding hydrogens is 334 g/mol. The number of nitrogens with one attached hydrogen (secondary N) is 1. The van der Waals surface area contributed by atoms with Crippen LogP contribution in [0.1, 0.15) is 10.4 Å². The molecule has 0 aliphatic rings. The van der Waals surface area contributed by atoms with E-state index in [4.69, 9.17) is 21.1 Å². The first kappa shape index (κ1) is 17.6. The molecule has 0 bridgehead atoms. The third-order valence-corrected chi connectivity index (χ3v) is 3.29. The Morgan fingerprint density at radius 2 is 1.88 bits per heavy atom. The molecule has 0 atom stereocenters. The molecule has 0 aliphatic heterocycles. The number of rotatable bonds is 6. The van der Waals surface area contributed by atoms with E-state index in [-0.39, 0.29) is 12.5 Å². The third kappa shape index (κ3) is 4.63. The number of anilines is 1. The van der Waals surface area contributed by atoms with Crippen molar-refractivity contribution in [2.75, 3.05) is 26.1 Å². The van der Waals surface area contributed by atoms with Gasteiger partial charge in [-0.3, -0.25) is 4.79 Å². The van der Waals surface area contributed by atoms with Gasteiger partial charge in [-0.15, -0.1) is 0 Å². The maximum Gasteiger partial charge on any atom is 0.337 e. The van der Waals surface area contributed by atoms with Crippen LogP contribution in [0, 0.1) is 0 Å². The van der Waals surface area contributed by atoms with E-state index < -0.39 is 5.97 Å². The van der Waals surface area contributed by atoms with E-state index >= 15 is 0 Å². The highest BCUT2D eigenvalue weighted by Gasteiger charge is 2.12. The quantitative estimate of drug-likeness (QED) is 0.811. The Morgan fingerprint density at radius 1 is 1.08 bits per heavy atom. The summed E-state index contributed by atoms with van der Waals surface area (Å²) in [4.78, 5) is 23.4. The number of halogens is 1. The van der Waals surface area contributed by atoms with Crippen LogP contribution in [0.15, 0.2) is 42.5 Å². The van der Waals surface area contributed by atoms with Crippen molar-refractivity contribution >= 4 is 29.2 Å². The molecule has 0 aliphatic carbocycles. The van der Waals surface area contributed by atoms with E-state index in [2.05, 4.69) is 10.1 Å². The molecule has 24 heavy (non-hydrogen) atoms. The summed E-state index contributed by atoms with van der Waals surface area (Å²) in [5.74, 6) is -0.172. The monoisotopic (exact) mass is 349 g/mol. The van der Waals surface area contributed by atoms with E-state index in [0.717, 1.165) is 0 Å². The van der Waals surface area contributed by atoms with Gasteiger partial charge in [-0.05, 0) is 36.4 Å². The molecule has 0 fully saturated rings. The second kappa shape index (κ2) is 8.21. The Kier molecular flexibility index (Phi) is 6.03. The van der Waals surface area contributed by atoms with E-state index in [1.54, 1.807) is 24.3 Å². The second-order valence-corrected chi connectivity index (χ2v) is 5.14. The molecule has 0 spiro atoms. The summed E-state index contributed by atoms with van der Waals surface area (Å²) < 4.78 is 15.2. The molecule has 126 valence electrons. The molecule has 0 heterocycles. The molecule has 1 amide bonds. The average Bonchev–Trinajstić information content (AvgIpc) is 2.59. The Labute approximate surface area is 144 Å². The number of carbonyl (C=O) groups excluding carboxylic acids is 2. The Bertz CT molecular complexity index is 748. The second-order valence-electron chi connectivity index (χ2n) is 4.70. The molecule has 6 nitrogen and oxygen atoms in total. The molecule has 2 aromatic carbocycles. The molecule has 0 unspecified atom stereocenters. The number of hydrogen-bond donors (Lipinski definition) is 1. The standard InChI is InChI=1S/C17H16ClNO5/c1-22-15-8-11(17(21)23-2)6-7-14(15)24-10-16(20)19-13-5-3-4-12(18)9-13/h3-9H,10H2,1-2H3,(H,19,20). The van der Waals surface area contributed by atoms with Crippen molar-refractivity contribution in [1.82, 2.24) is 0 Å². The highest BCUT2D eigenvalue weighted by Crippen LogP contribution is 2.28. The van der Waals surface area contributed by atoms with Gasteiger partial charge >= 0.3 is 5.97 Å². The minimum Gasteiger partial charge on any atom is -0.493 e. The molecular formula is C17H16ClNO5. The first-order valence-electron chi connectivity index (χ1n) is 6.98. The number of esters is 1. The summed E-state index contributed by atoms with van der Waals surface area (Å²) in [6, 6.07) is 11.3. The van der Waals surface area contributed by atoms with Crippen LogP contribution in [0.5, 0.6) is 11.5 Å². The van der Waals surface area contributed by atoms with Gasteiger partial charge in [0.05, 0.1) is 19.8 Å². The fraction of sp³-hybridized carbons (Fsp3) is 0.176. The van der Waals surface area contributed by atoms with Crippen LogP contribution in [0.2, 0.25) is 5.02 Å². The summed E-state index contributed by atoms with van der Waals surface area (Å²) in [5, 5.41) is 3.19. The lowest BCUT2D eigenvalue weighted by atomic mass is 10.2. The van der Waals surface area contributed by atoms with Gasteiger partial charge in [-0.25, -0.2) is 4.79 Å². The number of benzene rings is 2. The zero-order chi connectivity index (χ0) is 17.5. The maximum absolute atomic E-state index is 11.9. The Balaban J connectivity index is 2.00. The van der Waals surface area contributed by atoms with Crippen LogP contribution in [-0.2, 0) is 9.53 Å². The minimum atomic E-state index is -0.487. The van der Waals surface area contributed by atoms with E-state index in [1.165, 1.54) is 32.4 Å². The normalized spacial score (nSPS) is 9.96. The first-order valence-corrected chi connectivity index (χ1v) is 7.36.